The van der Waals surface area contributed by atoms with E-state index in [2.05, 4.69) is 15.9 Å². The van der Waals surface area contributed by atoms with Crippen LogP contribution in [0, 0.1) is 0 Å². The molecule has 90 valence electrons. The Bertz CT molecular complexity index is 548. The third-order valence-electron chi connectivity index (χ3n) is 2.24. The second kappa shape index (κ2) is 4.34. The van der Waals surface area contributed by atoms with E-state index < -0.39 is 11.7 Å². The number of hydrogen-bond acceptors (Lipinski definition) is 2. The van der Waals surface area contributed by atoms with Gasteiger partial charge in [0.1, 0.15) is 0 Å². The number of alkyl halides is 3. The third kappa shape index (κ3) is 2.47. The molecule has 0 aliphatic rings. The van der Waals surface area contributed by atoms with Gasteiger partial charge in [0.25, 0.3) is 0 Å². The van der Waals surface area contributed by atoms with Gasteiger partial charge in [0.15, 0.2) is 0 Å². The Hall–Kier alpha value is -1.01. The molecule has 0 saturated carbocycles. The van der Waals surface area contributed by atoms with E-state index in [1.54, 1.807) is 0 Å². The number of nitrogen functional groups attached to an aromatic ring is 1. The van der Waals surface area contributed by atoms with E-state index in [9.17, 15) is 13.2 Å². The summed E-state index contributed by atoms with van der Waals surface area (Å²) in [5.41, 5.74) is 5.67. The zero-order valence-corrected chi connectivity index (χ0v) is 10.8. The SMILES string of the molecule is Nc1cc(C(F)(F)F)ccc1-c1sccc1Br. The molecule has 0 spiro atoms. The summed E-state index contributed by atoms with van der Waals surface area (Å²) in [6.07, 6.45) is -4.36. The van der Waals surface area contributed by atoms with Crippen LogP contribution in [0.4, 0.5) is 18.9 Å². The predicted molar refractivity (Wildman–Crippen MR) is 66.9 cm³/mol. The van der Waals surface area contributed by atoms with Gasteiger partial charge in [-0.25, -0.2) is 0 Å². The van der Waals surface area contributed by atoms with Gasteiger partial charge in [-0.2, -0.15) is 13.2 Å². The molecule has 2 aromatic rings. The van der Waals surface area contributed by atoms with Crippen LogP contribution in [-0.2, 0) is 6.18 Å². The van der Waals surface area contributed by atoms with Crippen molar-refractivity contribution < 1.29 is 13.2 Å². The summed E-state index contributed by atoms with van der Waals surface area (Å²) in [5, 5.41) is 1.84. The Kier molecular flexibility index (Phi) is 3.18. The quantitative estimate of drug-likeness (QED) is 0.752. The summed E-state index contributed by atoms with van der Waals surface area (Å²) >= 11 is 4.75. The van der Waals surface area contributed by atoms with Gasteiger partial charge in [0, 0.05) is 15.7 Å². The lowest BCUT2D eigenvalue weighted by atomic mass is 10.1. The van der Waals surface area contributed by atoms with Crippen molar-refractivity contribution in [3.05, 3.63) is 39.7 Å². The number of anilines is 1. The first-order valence-corrected chi connectivity index (χ1v) is 6.27. The van der Waals surface area contributed by atoms with Crippen molar-refractivity contribution in [1.82, 2.24) is 0 Å². The first-order chi connectivity index (χ1) is 7.89. The molecule has 6 heteroatoms. The van der Waals surface area contributed by atoms with Crippen molar-refractivity contribution in [2.24, 2.45) is 0 Å². The average Bonchev–Trinajstić information content (AvgIpc) is 2.63. The number of hydrogen-bond donors (Lipinski definition) is 1. The maximum atomic E-state index is 12.5. The van der Waals surface area contributed by atoms with E-state index in [0.29, 0.717) is 5.56 Å². The molecule has 0 bridgehead atoms. The molecule has 2 rings (SSSR count). The largest absolute Gasteiger partial charge is 0.416 e. The zero-order chi connectivity index (χ0) is 12.6. The lowest BCUT2D eigenvalue weighted by Crippen LogP contribution is -2.05. The van der Waals surface area contributed by atoms with Gasteiger partial charge in [-0.3, -0.25) is 0 Å². The van der Waals surface area contributed by atoms with Crippen LogP contribution in [0.2, 0.25) is 0 Å². The van der Waals surface area contributed by atoms with E-state index in [1.807, 2.05) is 11.4 Å². The molecule has 0 saturated heterocycles. The van der Waals surface area contributed by atoms with E-state index in [-0.39, 0.29) is 5.69 Å². The van der Waals surface area contributed by atoms with Crippen molar-refractivity contribution in [2.45, 2.75) is 6.18 Å². The van der Waals surface area contributed by atoms with Crippen LogP contribution in [0.5, 0.6) is 0 Å². The molecule has 17 heavy (non-hydrogen) atoms. The van der Waals surface area contributed by atoms with Crippen molar-refractivity contribution in [1.29, 1.82) is 0 Å². The van der Waals surface area contributed by atoms with Crippen molar-refractivity contribution in [2.75, 3.05) is 5.73 Å². The van der Waals surface area contributed by atoms with Gasteiger partial charge in [0.2, 0.25) is 0 Å². The van der Waals surface area contributed by atoms with Crippen LogP contribution in [-0.4, -0.2) is 0 Å². The Morgan fingerprint density at radius 2 is 1.88 bits per heavy atom. The molecular weight excluding hydrogens is 315 g/mol. The Morgan fingerprint density at radius 3 is 2.35 bits per heavy atom. The van der Waals surface area contributed by atoms with E-state index in [0.717, 1.165) is 21.5 Å². The lowest BCUT2D eigenvalue weighted by Gasteiger charge is -2.10. The topological polar surface area (TPSA) is 26.0 Å². The summed E-state index contributed by atoms with van der Waals surface area (Å²) in [4.78, 5) is 0.830. The minimum Gasteiger partial charge on any atom is -0.398 e. The molecule has 0 amide bonds. The number of thiophene rings is 1. The maximum Gasteiger partial charge on any atom is 0.416 e. The third-order valence-corrected chi connectivity index (χ3v) is 4.11. The van der Waals surface area contributed by atoms with Crippen LogP contribution in [0.15, 0.2) is 34.1 Å². The fraction of sp³-hybridized carbons (Fsp3) is 0.0909. The molecule has 1 nitrogen and oxygen atoms in total. The highest BCUT2D eigenvalue weighted by Gasteiger charge is 2.30. The molecule has 0 atom stereocenters. The van der Waals surface area contributed by atoms with Crippen LogP contribution >= 0.6 is 27.3 Å². The molecule has 0 unspecified atom stereocenters. The van der Waals surface area contributed by atoms with Gasteiger partial charge < -0.3 is 5.73 Å². The summed E-state index contributed by atoms with van der Waals surface area (Å²) in [6, 6.07) is 5.23. The van der Waals surface area contributed by atoms with Gasteiger partial charge >= 0.3 is 6.18 Å². The van der Waals surface area contributed by atoms with Crippen molar-refractivity contribution in [3.8, 4) is 10.4 Å². The van der Waals surface area contributed by atoms with Crippen LogP contribution in [0.25, 0.3) is 10.4 Å². The Morgan fingerprint density at radius 1 is 1.18 bits per heavy atom. The second-order valence-electron chi connectivity index (χ2n) is 3.40. The zero-order valence-electron chi connectivity index (χ0n) is 8.38. The summed E-state index contributed by atoms with van der Waals surface area (Å²) < 4.78 is 38.2. The monoisotopic (exact) mass is 321 g/mol. The predicted octanol–water partition coefficient (Wildman–Crippen LogP) is 4.78. The summed E-state index contributed by atoms with van der Waals surface area (Å²) in [6.45, 7) is 0. The smallest absolute Gasteiger partial charge is 0.398 e. The van der Waals surface area contributed by atoms with Gasteiger partial charge in [-0.15, -0.1) is 11.3 Å². The van der Waals surface area contributed by atoms with E-state index in [4.69, 9.17) is 5.73 Å². The van der Waals surface area contributed by atoms with Gasteiger partial charge in [0.05, 0.1) is 10.4 Å². The summed E-state index contributed by atoms with van der Waals surface area (Å²) in [5.74, 6) is 0. The van der Waals surface area contributed by atoms with E-state index in [1.165, 1.54) is 17.4 Å². The first-order valence-electron chi connectivity index (χ1n) is 4.59. The fourth-order valence-corrected chi connectivity index (χ4v) is 3.07. The highest BCUT2D eigenvalue weighted by molar-refractivity contribution is 9.10. The Labute approximate surface area is 108 Å². The highest BCUT2D eigenvalue weighted by atomic mass is 79.9. The molecule has 1 aromatic heterocycles. The van der Waals surface area contributed by atoms with Gasteiger partial charge in [-0.1, -0.05) is 6.07 Å². The molecule has 0 fully saturated rings. The molecule has 0 radical (unpaired) electrons. The molecule has 2 N–H and O–H groups in total. The number of rotatable bonds is 1. The maximum absolute atomic E-state index is 12.5. The van der Waals surface area contributed by atoms with Crippen LogP contribution < -0.4 is 5.73 Å². The Balaban J connectivity index is 2.50. The van der Waals surface area contributed by atoms with E-state index >= 15 is 0 Å². The normalized spacial score (nSPS) is 11.8. The van der Waals surface area contributed by atoms with Crippen molar-refractivity contribution >= 4 is 33.0 Å². The molecule has 1 heterocycles. The number of nitrogens with two attached hydrogens (primary N) is 1. The van der Waals surface area contributed by atoms with Crippen molar-refractivity contribution in [3.63, 3.8) is 0 Å². The highest BCUT2D eigenvalue weighted by Crippen LogP contribution is 2.39. The van der Waals surface area contributed by atoms with Crippen LogP contribution in [0.1, 0.15) is 5.56 Å². The second-order valence-corrected chi connectivity index (χ2v) is 5.17. The fourth-order valence-electron chi connectivity index (χ4n) is 1.43. The minimum absolute atomic E-state index is 0.128. The summed E-state index contributed by atoms with van der Waals surface area (Å²) in [7, 11) is 0. The van der Waals surface area contributed by atoms with Gasteiger partial charge in [-0.05, 0) is 39.5 Å². The molecule has 1 aromatic carbocycles. The standard InChI is InChI=1S/C11H7BrF3NS/c12-8-3-4-17-10(8)7-2-1-6(5-9(7)16)11(13,14)15/h1-5H,16H2. The molecule has 0 aliphatic carbocycles. The average molecular weight is 322 g/mol. The first kappa shape index (κ1) is 12.4. The minimum atomic E-state index is -4.36. The molecular formula is C11H7BrF3NS. The lowest BCUT2D eigenvalue weighted by molar-refractivity contribution is -0.137. The number of halogens is 4. The number of benzene rings is 1. The molecule has 0 aliphatic heterocycles. The van der Waals surface area contributed by atoms with Crippen LogP contribution in [0.3, 0.4) is 0 Å².